The number of aromatic nitrogens is 1. The number of ketones is 1. The second-order valence-electron chi connectivity index (χ2n) is 2.36. The van der Waals surface area contributed by atoms with Gasteiger partial charge in [-0.25, -0.2) is 4.98 Å². The molecule has 3 nitrogen and oxygen atoms in total. The maximum atomic E-state index is 11.0. The average Bonchev–Trinajstić information content (AvgIpc) is 2.32. The molecule has 0 aliphatic heterocycles. The van der Waals surface area contributed by atoms with E-state index in [4.69, 9.17) is 4.74 Å². The van der Waals surface area contributed by atoms with E-state index >= 15 is 0 Å². The van der Waals surface area contributed by atoms with Gasteiger partial charge in [0.25, 0.3) is 0 Å². The van der Waals surface area contributed by atoms with Crippen LogP contribution in [-0.2, 0) is 0 Å². The second kappa shape index (κ2) is 3.67. The van der Waals surface area contributed by atoms with Gasteiger partial charge in [0.2, 0.25) is 5.88 Å². The highest BCUT2D eigenvalue weighted by Gasteiger charge is 2.13. The summed E-state index contributed by atoms with van der Waals surface area (Å²) in [6.07, 6.45) is 0. The third kappa shape index (κ3) is 1.82. The van der Waals surface area contributed by atoms with Crippen LogP contribution in [0.15, 0.2) is 0 Å². The lowest BCUT2D eigenvalue weighted by molar-refractivity contribution is 0.101. The number of thiazole rings is 1. The van der Waals surface area contributed by atoms with Crippen molar-refractivity contribution in [1.29, 1.82) is 0 Å². The maximum Gasteiger partial charge on any atom is 0.235 e. The minimum Gasteiger partial charge on any atom is -0.477 e. The smallest absolute Gasteiger partial charge is 0.235 e. The summed E-state index contributed by atoms with van der Waals surface area (Å²) in [5.41, 5.74) is 0. The number of Topliss-reactive ketones (excluding diaryl/α,β-unsaturated/α-hetero) is 1. The van der Waals surface area contributed by atoms with E-state index in [1.807, 2.05) is 13.8 Å². The molecule has 1 aromatic rings. The Labute approximate surface area is 75.4 Å². The first-order chi connectivity index (χ1) is 5.65. The lowest BCUT2D eigenvalue weighted by Crippen LogP contribution is -1.97. The number of rotatable bonds is 3. The van der Waals surface area contributed by atoms with Gasteiger partial charge in [-0.1, -0.05) is 0 Å². The first-order valence-electron chi connectivity index (χ1n) is 3.76. The highest BCUT2D eigenvalue weighted by Crippen LogP contribution is 2.24. The molecule has 0 spiro atoms. The molecule has 0 bridgehead atoms. The Kier molecular flexibility index (Phi) is 2.81. The second-order valence-corrected chi connectivity index (χ2v) is 3.56. The van der Waals surface area contributed by atoms with Gasteiger partial charge in [-0.2, -0.15) is 0 Å². The molecule has 0 amide bonds. The van der Waals surface area contributed by atoms with Crippen LogP contribution in [-0.4, -0.2) is 17.4 Å². The molecule has 0 unspecified atom stereocenters. The quantitative estimate of drug-likeness (QED) is 0.676. The Hall–Kier alpha value is -0.900. The van der Waals surface area contributed by atoms with Crippen LogP contribution >= 0.6 is 11.3 Å². The summed E-state index contributed by atoms with van der Waals surface area (Å²) in [6, 6.07) is 0. The van der Waals surface area contributed by atoms with Gasteiger partial charge < -0.3 is 4.74 Å². The zero-order chi connectivity index (χ0) is 9.14. The van der Waals surface area contributed by atoms with Gasteiger partial charge in [0.05, 0.1) is 11.6 Å². The molecule has 12 heavy (non-hydrogen) atoms. The molecule has 0 aliphatic rings. The van der Waals surface area contributed by atoms with Crippen LogP contribution in [0.25, 0.3) is 0 Å². The van der Waals surface area contributed by atoms with Gasteiger partial charge in [0, 0.05) is 6.92 Å². The molecule has 0 saturated heterocycles. The fourth-order valence-electron chi connectivity index (χ4n) is 0.865. The SMILES string of the molecule is CCOc1nc(C)sc1C(C)=O. The van der Waals surface area contributed by atoms with E-state index < -0.39 is 0 Å². The summed E-state index contributed by atoms with van der Waals surface area (Å²) in [7, 11) is 0. The topological polar surface area (TPSA) is 39.2 Å². The molecule has 0 radical (unpaired) electrons. The van der Waals surface area contributed by atoms with Crippen LogP contribution in [0, 0.1) is 6.92 Å². The van der Waals surface area contributed by atoms with Crippen molar-refractivity contribution in [3.05, 3.63) is 9.88 Å². The van der Waals surface area contributed by atoms with Gasteiger partial charge in [-0.15, -0.1) is 11.3 Å². The number of carbonyl (C=O) groups is 1. The van der Waals surface area contributed by atoms with Gasteiger partial charge in [-0.3, -0.25) is 4.79 Å². The van der Waals surface area contributed by atoms with Crippen LogP contribution in [0.4, 0.5) is 0 Å². The Morgan fingerprint density at radius 2 is 2.33 bits per heavy atom. The Balaban J connectivity index is 2.99. The highest BCUT2D eigenvalue weighted by molar-refractivity contribution is 7.13. The molecule has 1 heterocycles. The van der Waals surface area contributed by atoms with Gasteiger partial charge >= 0.3 is 0 Å². The fraction of sp³-hybridized carbons (Fsp3) is 0.500. The molecule has 0 N–H and O–H groups in total. The first kappa shape index (κ1) is 9.19. The summed E-state index contributed by atoms with van der Waals surface area (Å²) >= 11 is 1.38. The predicted octanol–water partition coefficient (Wildman–Crippen LogP) is 2.05. The van der Waals surface area contributed by atoms with Crippen LogP contribution in [0.3, 0.4) is 0 Å². The van der Waals surface area contributed by atoms with Crippen molar-refractivity contribution in [3.63, 3.8) is 0 Å². The van der Waals surface area contributed by atoms with E-state index in [0.717, 1.165) is 5.01 Å². The first-order valence-corrected chi connectivity index (χ1v) is 4.58. The van der Waals surface area contributed by atoms with Crippen molar-refractivity contribution in [3.8, 4) is 5.88 Å². The largest absolute Gasteiger partial charge is 0.477 e. The summed E-state index contributed by atoms with van der Waals surface area (Å²) in [4.78, 5) is 15.8. The predicted molar refractivity (Wildman–Crippen MR) is 48.0 cm³/mol. The van der Waals surface area contributed by atoms with Crippen molar-refractivity contribution < 1.29 is 9.53 Å². The molecule has 1 aromatic heterocycles. The Bertz CT molecular complexity index is 293. The summed E-state index contributed by atoms with van der Waals surface area (Å²) in [5.74, 6) is 0.497. The van der Waals surface area contributed by atoms with Crippen molar-refractivity contribution in [2.75, 3.05) is 6.61 Å². The standard InChI is InChI=1S/C8H11NO2S/c1-4-11-8-7(5(2)10)12-6(3)9-8/h4H2,1-3H3. The van der Waals surface area contributed by atoms with Gasteiger partial charge in [0.15, 0.2) is 5.78 Å². The summed E-state index contributed by atoms with van der Waals surface area (Å²) < 4.78 is 5.20. The number of nitrogens with zero attached hydrogens (tertiary/aromatic N) is 1. The van der Waals surface area contributed by atoms with Gasteiger partial charge in [0.1, 0.15) is 4.88 Å². The summed E-state index contributed by atoms with van der Waals surface area (Å²) in [6.45, 7) is 5.80. The van der Waals surface area contributed by atoms with Crippen LogP contribution in [0.2, 0.25) is 0 Å². The molecule has 66 valence electrons. The van der Waals surface area contributed by atoms with Crippen molar-refractivity contribution in [2.45, 2.75) is 20.8 Å². The number of aryl methyl sites for hydroxylation is 1. The van der Waals surface area contributed by atoms with Crippen LogP contribution < -0.4 is 4.74 Å². The fourth-order valence-corrected chi connectivity index (χ4v) is 1.62. The molecule has 1 rings (SSSR count). The summed E-state index contributed by atoms with van der Waals surface area (Å²) in [5, 5.41) is 0.864. The lowest BCUT2D eigenvalue weighted by atomic mass is 10.4. The number of carbonyl (C=O) groups excluding carboxylic acids is 1. The average molecular weight is 185 g/mol. The monoisotopic (exact) mass is 185 g/mol. The lowest BCUT2D eigenvalue weighted by Gasteiger charge is -1.98. The number of ether oxygens (including phenoxy) is 1. The normalized spacial score (nSPS) is 9.92. The van der Waals surface area contributed by atoms with Crippen molar-refractivity contribution in [1.82, 2.24) is 4.98 Å². The third-order valence-electron chi connectivity index (χ3n) is 1.30. The van der Waals surface area contributed by atoms with E-state index in [-0.39, 0.29) is 5.78 Å². The maximum absolute atomic E-state index is 11.0. The molecule has 0 aromatic carbocycles. The molecular weight excluding hydrogens is 174 g/mol. The third-order valence-corrected chi connectivity index (χ3v) is 2.36. The van der Waals surface area contributed by atoms with E-state index in [1.165, 1.54) is 18.3 Å². The minimum absolute atomic E-state index is 0.0176. The molecule has 0 aliphatic carbocycles. The molecule has 0 atom stereocenters. The number of hydrogen-bond acceptors (Lipinski definition) is 4. The van der Waals surface area contributed by atoms with Crippen LogP contribution in [0.1, 0.15) is 28.5 Å². The minimum atomic E-state index is 0.0176. The van der Waals surface area contributed by atoms with Crippen LogP contribution in [0.5, 0.6) is 5.88 Å². The molecule has 0 saturated carbocycles. The molecule has 0 fully saturated rings. The van der Waals surface area contributed by atoms with Crippen molar-refractivity contribution in [2.24, 2.45) is 0 Å². The zero-order valence-corrected chi connectivity index (χ0v) is 8.20. The van der Waals surface area contributed by atoms with E-state index in [0.29, 0.717) is 17.4 Å². The van der Waals surface area contributed by atoms with E-state index in [1.54, 1.807) is 0 Å². The molecular formula is C8H11NO2S. The highest BCUT2D eigenvalue weighted by atomic mass is 32.1. The number of hydrogen-bond donors (Lipinski definition) is 0. The Morgan fingerprint density at radius 1 is 1.67 bits per heavy atom. The van der Waals surface area contributed by atoms with Gasteiger partial charge in [-0.05, 0) is 13.8 Å². The van der Waals surface area contributed by atoms with Crippen molar-refractivity contribution >= 4 is 17.1 Å². The Morgan fingerprint density at radius 3 is 2.83 bits per heavy atom. The molecule has 4 heteroatoms. The van der Waals surface area contributed by atoms with E-state index in [2.05, 4.69) is 4.98 Å². The zero-order valence-electron chi connectivity index (χ0n) is 7.38. The van der Waals surface area contributed by atoms with E-state index in [9.17, 15) is 4.79 Å².